The lowest BCUT2D eigenvalue weighted by atomic mass is 10.2. The summed E-state index contributed by atoms with van der Waals surface area (Å²) in [5.74, 6) is -0.759. The first kappa shape index (κ1) is 20.1. The van der Waals surface area contributed by atoms with Gasteiger partial charge in [0.2, 0.25) is 5.91 Å². The van der Waals surface area contributed by atoms with Gasteiger partial charge < -0.3 is 14.8 Å². The Morgan fingerprint density at radius 1 is 1.00 bits per heavy atom. The second-order valence-electron chi connectivity index (χ2n) is 5.80. The van der Waals surface area contributed by atoms with Crippen LogP contribution in [-0.2, 0) is 9.53 Å². The van der Waals surface area contributed by atoms with Gasteiger partial charge >= 0.3 is 12.6 Å². The summed E-state index contributed by atoms with van der Waals surface area (Å²) >= 11 is 0. The molecule has 0 aliphatic heterocycles. The van der Waals surface area contributed by atoms with Crippen molar-refractivity contribution in [2.75, 3.05) is 5.32 Å². The van der Waals surface area contributed by atoms with Crippen molar-refractivity contribution in [2.45, 2.75) is 26.6 Å². The summed E-state index contributed by atoms with van der Waals surface area (Å²) in [6, 6.07) is 12.2. The second-order valence-corrected chi connectivity index (χ2v) is 5.80. The van der Waals surface area contributed by atoms with E-state index in [2.05, 4.69) is 10.1 Å². The molecule has 142 valence electrons. The molecule has 0 radical (unpaired) electrons. The molecule has 0 atom stereocenters. The van der Waals surface area contributed by atoms with Crippen LogP contribution in [-0.4, -0.2) is 24.6 Å². The summed E-state index contributed by atoms with van der Waals surface area (Å²) in [5.41, 5.74) is 1.56. The number of benzene rings is 2. The van der Waals surface area contributed by atoms with Gasteiger partial charge in [0, 0.05) is 11.8 Å². The number of anilines is 1. The van der Waals surface area contributed by atoms with Crippen molar-refractivity contribution < 1.29 is 27.8 Å². The van der Waals surface area contributed by atoms with Crippen LogP contribution in [0.5, 0.6) is 5.75 Å². The van der Waals surface area contributed by atoms with Crippen LogP contribution < -0.4 is 10.1 Å². The predicted octanol–water partition coefficient (Wildman–Crippen LogP) is 4.51. The highest BCUT2D eigenvalue weighted by Crippen LogP contribution is 2.16. The second kappa shape index (κ2) is 9.47. The number of amides is 1. The number of nitrogens with one attached hydrogen (secondary N) is 1. The molecule has 2 aromatic carbocycles. The van der Waals surface area contributed by atoms with Crippen LogP contribution in [0.15, 0.2) is 54.6 Å². The molecule has 0 heterocycles. The zero-order valence-corrected chi connectivity index (χ0v) is 14.8. The van der Waals surface area contributed by atoms with Gasteiger partial charge in [0.1, 0.15) is 5.75 Å². The van der Waals surface area contributed by atoms with Crippen LogP contribution in [0, 0.1) is 0 Å². The van der Waals surface area contributed by atoms with E-state index in [4.69, 9.17) is 4.74 Å². The third-order valence-electron chi connectivity index (χ3n) is 3.26. The fraction of sp³-hybridized carbons (Fsp3) is 0.200. The van der Waals surface area contributed by atoms with E-state index in [9.17, 15) is 18.4 Å². The maximum atomic E-state index is 12.1. The van der Waals surface area contributed by atoms with Crippen LogP contribution in [0.4, 0.5) is 14.5 Å². The van der Waals surface area contributed by atoms with E-state index in [0.717, 1.165) is 0 Å². The zero-order valence-electron chi connectivity index (χ0n) is 14.8. The Bertz CT molecular complexity index is 800. The standard InChI is InChI=1S/C20H19F2NO4/c1-13(2)26-19(25)15-6-8-16(9-7-15)23-18(24)12-5-14-3-10-17(11-4-14)27-20(21)22/h3-13,20H,1-2H3,(H,23,24)/b12-5+. The summed E-state index contributed by atoms with van der Waals surface area (Å²) in [4.78, 5) is 23.7. The highest BCUT2D eigenvalue weighted by atomic mass is 19.3. The maximum absolute atomic E-state index is 12.1. The van der Waals surface area contributed by atoms with Gasteiger partial charge in [-0.15, -0.1) is 0 Å². The number of rotatable bonds is 7. The molecular formula is C20H19F2NO4. The van der Waals surface area contributed by atoms with Gasteiger partial charge in [0.25, 0.3) is 0 Å². The Labute approximate surface area is 155 Å². The van der Waals surface area contributed by atoms with Gasteiger partial charge in [-0.25, -0.2) is 4.79 Å². The molecule has 0 bridgehead atoms. The third-order valence-corrected chi connectivity index (χ3v) is 3.26. The van der Waals surface area contributed by atoms with Crippen LogP contribution in [0.1, 0.15) is 29.8 Å². The Morgan fingerprint density at radius 2 is 1.63 bits per heavy atom. The first-order valence-corrected chi connectivity index (χ1v) is 8.18. The Kier molecular flexibility index (Phi) is 7.05. The molecular weight excluding hydrogens is 356 g/mol. The van der Waals surface area contributed by atoms with Crippen molar-refractivity contribution in [1.29, 1.82) is 0 Å². The fourth-order valence-corrected chi connectivity index (χ4v) is 2.09. The number of carbonyl (C=O) groups is 2. The molecule has 0 aliphatic carbocycles. The Morgan fingerprint density at radius 3 is 2.19 bits per heavy atom. The SMILES string of the molecule is CC(C)OC(=O)c1ccc(NC(=O)/C=C/c2ccc(OC(F)F)cc2)cc1. The number of halogens is 2. The van der Waals surface area contributed by atoms with Gasteiger partial charge in [-0.2, -0.15) is 8.78 Å². The number of alkyl halides is 2. The summed E-state index contributed by atoms with van der Waals surface area (Å²) in [7, 11) is 0. The van der Waals surface area contributed by atoms with E-state index in [-0.39, 0.29) is 17.8 Å². The molecule has 0 spiro atoms. The van der Waals surface area contributed by atoms with Crippen molar-refractivity contribution in [3.8, 4) is 5.75 Å². The highest BCUT2D eigenvalue weighted by molar-refractivity contribution is 6.02. The molecule has 5 nitrogen and oxygen atoms in total. The monoisotopic (exact) mass is 375 g/mol. The molecule has 27 heavy (non-hydrogen) atoms. The van der Waals surface area contributed by atoms with Crippen molar-refractivity contribution in [3.63, 3.8) is 0 Å². The lowest BCUT2D eigenvalue weighted by molar-refractivity contribution is -0.111. The number of esters is 1. The quantitative estimate of drug-likeness (QED) is 0.571. The number of ether oxygens (including phenoxy) is 2. The molecule has 7 heteroatoms. The minimum Gasteiger partial charge on any atom is -0.459 e. The lowest BCUT2D eigenvalue weighted by Gasteiger charge is -2.08. The molecule has 1 amide bonds. The summed E-state index contributed by atoms with van der Waals surface area (Å²) < 4.78 is 33.5. The van der Waals surface area contributed by atoms with Crippen LogP contribution in [0.3, 0.4) is 0 Å². The lowest BCUT2D eigenvalue weighted by Crippen LogP contribution is -2.12. The van der Waals surface area contributed by atoms with Gasteiger partial charge in [0.15, 0.2) is 0 Å². The van der Waals surface area contributed by atoms with E-state index >= 15 is 0 Å². The molecule has 1 N–H and O–H groups in total. The van der Waals surface area contributed by atoms with Crippen molar-refractivity contribution >= 4 is 23.6 Å². The first-order valence-electron chi connectivity index (χ1n) is 8.18. The number of hydrogen-bond acceptors (Lipinski definition) is 4. The third kappa shape index (κ3) is 6.89. The number of carbonyl (C=O) groups excluding carboxylic acids is 2. The zero-order chi connectivity index (χ0) is 19.8. The van der Waals surface area contributed by atoms with E-state index in [1.165, 1.54) is 24.3 Å². The van der Waals surface area contributed by atoms with E-state index in [0.29, 0.717) is 16.8 Å². The number of hydrogen-bond donors (Lipinski definition) is 1. The first-order chi connectivity index (χ1) is 12.8. The van der Waals surface area contributed by atoms with Crippen molar-refractivity contribution in [2.24, 2.45) is 0 Å². The molecule has 2 aromatic rings. The average Bonchev–Trinajstić information content (AvgIpc) is 2.60. The van der Waals surface area contributed by atoms with E-state index in [1.54, 1.807) is 50.2 Å². The fourth-order valence-electron chi connectivity index (χ4n) is 2.09. The molecule has 0 aromatic heterocycles. The molecule has 0 unspecified atom stereocenters. The normalized spacial score (nSPS) is 11.0. The van der Waals surface area contributed by atoms with E-state index < -0.39 is 12.6 Å². The van der Waals surface area contributed by atoms with Crippen LogP contribution in [0.2, 0.25) is 0 Å². The average molecular weight is 375 g/mol. The molecule has 0 saturated heterocycles. The van der Waals surface area contributed by atoms with Crippen LogP contribution in [0.25, 0.3) is 6.08 Å². The topological polar surface area (TPSA) is 64.6 Å². The minimum absolute atomic E-state index is 0.0442. The maximum Gasteiger partial charge on any atom is 0.387 e. The van der Waals surface area contributed by atoms with Gasteiger partial charge in [-0.05, 0) is 61.9 Å². The van der Waals surface area contributed by atoms with Crippen molar-refractivity contribution in [1.82, 2.24) is 0 Å². The Hall–Kier alpha value is -3.22. The highest BCUT2D eigenvalue weighted by Gasteiger charge is 2.09. The molecule has 0 aliphatic rings. The summed E-state index contributed by atoms with van der Waals surface area (Å²) in [6.07, 6.45) is 2.64. The summed E-state index contributed by atoms with van der Waals surface area (Å²) in [5, 5.41) is 2.65. The smallest absolute Gasteiger partial charge is 0.387 e. The molecule has 0 fully saturated rings. The Balaban J connectivity index is 1.91. The van der Waals surface area contributed by atoms with Gasteiger partial charge in [0.05, 0.1) is 11.7 Å². The predicted molar refractivity (Wildman–Crippen MR) is 97.7 cm³/mol. The minimum atomic E-state index is -2.88. The molecule has 0 saturated carbocycles. The van der Waals surface area contributed by atoms with Crippen molar-refractivity contribution in [3.05, 3.63) is 65.7 Å². The largest absolute Gasteiger partial charge is 0.459 e. The summed E-state index contributed by atoms with van der Waals surface area (Å²) in [6.45, 7) is 0.645. The molecule has 2 rings (SSSR count). The van der Waals surface area contributed by atoms with Crippen LogP contribution >= 0.6 is 0 Å². The van der Waals surface area contributed by atoms with Gasteiger partial charge in [-0.1, -0.05) is 12.1 Å². The van der Waals surface area contributed by atoms with E-state index in [1.807, 2.05) is 0 Å². The van der Waals surface area contributed by atoms with Gasteiger partial charge in [-0.3, -0.25) is 4.79 Å².